The molecular formula is C20H24N2O5S. The van der Waals surface area contributed by atoms with Crippen LogP contribution in [0.25, 0.3) is 0 Å². The molecule has 0 amide bonds. The number of esters is 2. The summed E-state index contributed by atoms with van der Waals surface area (Å²) in [4.78, 5) is 25.5. The lowest BCUT2D eigenvalue weighted by molar-refractivity contribution is -0.197. The fourth-order valence-electron chi connectivity index (χ4n) is 5.85. The maximum atomic E-state index is 13.1. The van der Waals surface area contributed by atoms with E-state index < -0.39 is 17.0 Å². The van der Waals surface area contributed by atoms with Crippen molar-refractivity contribution in [3.63, 3.8) is 0 Å². The highest BCUT2D eigenvalue weighted by atomic mass is 32.1. The van der Waals surface area contributed by atoms with E-state index in [0.717, 1.165) is 43.4 Å². The van der Waals surface area contributed by atoms with Gasteiger partial charge in [-0.05, 0) is 57.3 Å². The molecule has 4 fully saturated rings. The first-order valence-electron chi connectivity index (χ1n) is 9.67. The van der Waals surface area contributed by atoms with Crippen LogP contribution in [-0.4, -0.2) is 29.3 Å². The highest BCUT2D eigenvalue weighted by Crippen LogP contribution is 2.62. The summed E-state index contributed by atoms with van der Waals surface area (Å²) in [5.41, 5.74) is 4.92. The van der Waals surface area contributed by atoms with Gasteiger partial charge in [-0.25, -0.2) is 4.79 Å². The lowest BCUT2D eigenvalue weighted by atomic mass is 9.48. The molecule has 4 bridgehead atoms. The summed E-state index contributed by atoms with van der Waals surface area (Å²) in [5, 5.41) is 20.4. The Morgan fingerprint density at radius 3 is 2.54 bits per heavy atom. The van der Waals surface area contributed by atoms with Gasteiger partial charge in [0, 0.05) is 5.56 Å². The fraction of sp³-hybridized carbons (Fsp3) is 0.650. The Bertz CT molecular complexity index is 857. The quantitative estimate of drug-likeness (QED) is 0.723. The normalized spacial score (nSPS) is 32.8. The Morgan fingerprint density at radius 2 is 1.96 bits per heavy atom. The monoisotopic (exact) mass is 404 g/mol. The molecule has 2 unspecified atom stereocenters. The average Bonchev–Trinajstić information content (AvgIpc) is 2.93. The second kappa shape index (κ2) is 6.75. The van der Waals surface area contributed by atoms with Crippen LogP contribution in [0.15, 0.2) is 0 Å². The minimum atomic E-state index is -0.760. The van der Waals surface area contributed by atoms with E-state index in [4.69, 9.17) is 15.2 Å². The molecular weight excluding hydrogens is 380 g/mol. The van der Waals surface area contributed by atoms with E-state index in [1.165, 1.54) is 0 Å². The van der Waals surface area contributed by atoms with Crippen molar-refractivity contribution in [3.05, 3.63) is 16.0 Å². The van der Waals surface area contributed by atoms with Crippen LogP contribution in [0, 0.1) is 28.6 Å². The van der Waals surface area contributed by atoms with Crippen LogP contribution >= 0.6 is 11.3 Å². The van der Waals surface area contributed by atoms with Gasteiger partial charge in [0.1, 0.15) is 22.6 Å². The first kappa shape index (κ1) is 19.2. The molecule has 4 aliphatic carbocycles. The summed E-state index contributed by atoms with van der Waals surface area (Å²) in [7, 11) is 0. The van der Waals surface area contributed by atoms with Gasteiger partial charge >= 0.3 is 11.9 Å². The first-order chi connectivity index (χ1) is 13.3. The third-order valence-electron chi connectivity index (χ3n) is 6.42. The predicted molar refractivity (Wildman–Crippen MR) is 101 cm³/mol. The molecule has 0 aromatic carbocycles. The molecule has 0 spiro atoms. The Hall–Kier alpha value is -2.11. The minimum absolute atomic E-state index is 0.157. The minimum Gasteiger partial charge on any atom is -0.462 e. The summed E-state index contributed by atoms with van der Waals surface area (Å²) in [6.07, 6.45) is 4.53. The number of ether oxygens (including phenoxy) is 2. The van der Waals surface area contributed by atoms with E-state index in [-0.39, 0.29) is 34.6 Å². The van der Waals surface area contributed by atoms with Crippen LogP contribution in [0.2, 0.25) is 0 Å². The second-order valence-corrected chi connectivity index (χ2v) is 9.58. The van der Waals surface area contributed by atoms with E-state index in [9.17, 15) is 20.0 Å². The lowest BCUT2D eigenvalue weighted by Crippen LogP contribution is -2.58. The third-order valence-corrected chi connectivity index (χ3v) is 7.46. The molecule has 4 atom stereocenters. The van der Waals surface area contributed by atoms with Crippen molar-refractivity contribution in [2.24, 2.45) is 17.3 Å². The number of thiophene rings is 1. The molecule has 8 heteroatoms. The number of nitrogens with zero attached hydrogens (tertiary/aromatic N) is 1. The number of hydrogen-bond donors (Lipinski definition) is 2. The number of nitriles is 1. The summed E-state index contributed by atoms with van der Waals surface area (Å²) in [6.45, 7) is 1.69. The number of aliphatic hydroxyl groups is 1. The molecule has 3 N–H and O–H groups in total. The zero-order valence-corrected chi connectivity index (χ0v) is 16.6. The summed E-state index contributed by atoms with van der Waals surface area (Å²) in [6, 6.07) is 1.99. The van der Waals surface area contributed by atoms with Gasteiger partial charge in [0.05, 0.1) is 23.2 Å². The van der Waals surface area contributed by atoms with E-state index in [1.807, 2.05) is 6.07 Å². The molecule has 28 heavy (non-hydrogen) atoms. The van der Waals surface area contributed by atoms with Crippen LogP contribution in [0.1, 0.15) is 66.2 Å². The second-order valence-electron chi connectivity index (χ2n) is 8.52. The maximum Gasteiger partial charge on any atom is 0.348 e. The SMILES string of the molecule is CCOC(=O)c1sc(N)c(C#N)c1COC(=O)C12C[C@@H]3C[C@@H](CC(O)(C3)C1)C2. The Kier molecular flexibility index (Phi) is 4.63. The van der Waals surface area contributed by atoms with Crippen LogP contribution in [0.4, 0.5) is 5.00 Å². The van der Waals surface area contributed by atoms with Gasteiger partial charge in [-0.3, -0.25) is 4.79 Å². The Labute approximate surface area is 167 Å². The summed E-state index contributed by atoms with van der Waals surface area (Å²) < 4.78 is 10.7. The number of rotatable bonds is 5. The fourth-order valence-corrected chi connectivity index (χ4v) is 6.77. The molecule has 0 aliphatic heterocycles. The summed E-state index contributed by atoms with van der Waals surface area (Å²) in [5.74, 6) is -0.194. The highest BCUT2D eigenvalue weighted by molar-refractivity contribution is 7.18. The number of carbonyl (C=O) groups is 2. The molecule has 4 aliphatic rings. The topological polar surface area (TPSA) is 123 Å². The van der Waals surface area contributed by atoms with E-state index >= 15 is 0 Å². The van der Waals surface area contributed by atoms with Gasteiger partial charge in [-0.15, -0.1) is 11.3 Å². The van der Waals surface area contributed by atoms with Crippen molar-refractivity contribution in [2.45, 2.75) is 57.7 Å². The highest BCUT2D eigenvalue weighted by Gasteiger charge is 2.60. The predicted octanol–water partition coefficient (Wildman–Crippen LogP) is 2.75. The number of nitrogen functional groups attached to an aromatic ring is 1. The van der Waals surface area contributed by atoms with E-state index in [0.29, 0.717) is 23.8 Å². The maximum absolute atomic E-state index is 13.1. The van der Waals surface area contributed by atoms with Crippen molar-refractivity contribution in [2.75, 3.05) is 12.3 Å². The Balaban J connectivity index is 1.55. The molecule has 0 saturated heterocycles. The number of hydrogen-bond acceptors (Lipinski definition) is 8. The molecule has 7 nitrogen and oxygen atoms in total. The van der Waals surface area contributed by atoms with Gasteiger partial charge in [0.2, 0.25) is 0 Å². The van der Waals surface area contributed by atoms with Gasteiger partial charge in [-0.2, -0.15) is 5.26 Å². The van der Waals surface area contributed by atoms with Crippen LogP contribution in [0.3, 0.4) is 0 Å². The molecule has 5 rings (SSSR count). The van der Waals surface area contributed by atoms with Crippen molar-refractivity contribution in [3.8, 4) is 6.07 Å². The van der Waals surface area contributed by atoms with Crippen LogP contribution in [-0.2, 0) is 20.9 Å². The molecule has 1 heterocycles. The largest absolute Gasteiger partial charge is 0.462 e. The van der Waals surface area contributed by atoms with Crippen molar-refractivity contribution >= 4 is 28.3 Å². The molecule has 0 radical (unpaired) electrons. The zero-order chi connectivity index (χ0) is 20.1. The smallest absolute Gasteiger partial charge is 0.348 e. The van der Waals surface area contributed by atoms with Gasteiger partial charge in [0.25, 0.3) is 0 Å². The van der Waals surface area contributed by atoms with E-state index in [2.05, 4.69) is 0 Å². The van der Waals surface area contributed by atoms with Crippen LogP contribution in [0.5, 0.6) is 0 Å². The third kappa shape index (κ3) is 3.07. The van der Waals surface area contributed by atoms with Gasteiger partial charge < -0.3 is 20.3 Å². The average molecular weight is 404 g/mol. The molecule has 150 valence electrons. The standard InChI is InChI=1S/C20H24N2O5S/c1-2-26-17(23)15-14(13(8-21)16(22)28-15)9-27-18(24)19-4-11-3-12(5-19)7-20(25,6-11)10-19/h11-12,25H,2-7,9-10,22H2,1H3/t11-,12+,19?,20?. The van der Waals surface area contributed by atoms with Gasteiger partial charge in [0.15, 0.2) is 0 Å². The summed E-state index contributed by atoms with van der Waals surface area (Å²) >= 11 is 0.974. The van der Waals surface area contributed by atoms with Gasteiger partial charge in [-0.1, -0.05) is 0 Å². The number of carbonyl (C=O) groups excluding carboxylic acids is 2. The van der Waals surface area contributed by atoms with Crippen molar-refractivity contribution in [1.29, 1.82) is 5.26 Å². The number of anilines is 1. The lowest BCUT2D eigenvalue weighted by Gasteiger charge is -2.58. The van der Waals surface area contributed by atoms with Crippen LogP contribution < -0.4 is 5.73 Å². The number of nitrogens with two attached hydrogens (primary N) is 1. The molecule has 1 aromatic rings. The first-order valence-corrected chi connectivity index (χ1v) is 10.5. The zero-order valence-electron chi connectivity index (χ0n) is 15.8. The van der Waals surface area contributed by atoms with Crippen molar-refractivity contribution < 1.29 is 24.2 Å². The van der Waals surface area contributed by atoms with Crippen molar-refractivity contribution in [1.82, 2.24) is 0 Å². The van der Waals surface area contributed by atoms with E-state index in [1.54, 1.807) is 6.92 Å². The molecule has 1 aromatic heterocycles. The molecule has 4 saturated carbocycles. The Morgan fingerprint density at radius 1 is 1.29 bits per heavy atom.